The maximum absolute atomic E-state index is 9.80. The van der Waals surface area contributed by atoms with Crippen LogP contribution in [0.4, 0.5) is 0 Å². The van der Waals surface area contributed by atoms with Crippen molar-refractivity contribution in [3.05, 3.63) is 28.2 Å². The van der Waals surface area contributed by atoms with Gasteiger partial charge in [-0.25, -0.2) is 0 Å². The lowest BCUT2D eigenvalue weighted by atomic mass is 10.1. The molecular weight excluding hydrogens is 272 g/mol. The van der Waals surface area contributed by atoms with Crippen molar-refractivity contribution >= 4 is 15.9 Å². The Hall–Kier alpha value is -0.580. The summed E-state index contributed by atoms with van der Waals surface area (Å²) in [6, 6.07) is 5.37. The van der Waals surface area contributed by atoms with Crippen molar-refractivity contribution in [2.24, 2.45) is 0 Å². The number of aliphatic hydroxyl groups excluding tert-OH is 1. The summed E-state index contributed by atoms with van der Waals surface area (Å²) in [7, 11) is 0. The fraction of sp³-hybridized carbons (Fsp3) is 0.500. The van der Waals surface area contributed by atoms with E-state index in [0.29, 0.717) is 12.2 Å². The lowest BCUT2D eigenvalue weighted by molar-refractivity contribution is 0.00822. The maximum atomic E-state index is 9.80. The summed E-state index contributed by atoms with van der Waals surface area (Å²) in [5, 5.41) is 18.7. The van der Waals surface area contributed by atoms with Crippen LogP contribution in [0.2, 0.25) is 0 Å². The van der Waals surface area contributed by atoms with Gasteiger partial charge < -0.3 is 14.9 Å². The van der Waals surface area contributed by atoms with E-state index in [0.717, 1.165) is 10.0 Å². The third-order valence-corrected chi connectivity index (χ3v) is 3.10. The Morgan fingerprint density at radius 1 is 1.44 bits per heavy atom. The molecule has 1 atom stereocenters. The van der Waals surface area contributed by atoms with Crippen LogP contribution in [0.1, 0.15) is 25.8 Å². The first-order valence-corrected chi connectivity index (χ1v) is 6.02. The molecule has 0 aliphatic heterocycles. The summed E-state index contributed by atoms with van der Waals surface area (Å²) >= 11 is 3.36. The van der Waals surface area contributed by atoms with E-state index < -0.39 is 5.60 Å². The molecule has 90 valence electrons. The Balaban J connectivity index is 2.68. The molecule has 0 heterocycles. The van der Waals surface area contributed by atoms with E-state index in [1.165, 1.54) is 0 Å². The number of halogens is 1. The highest BCUT2D eigenvalue weighted by Crippen LogP contribution is 2.27. The normalized spacial score (nSPS) is 14.6. The van der Waals surface area contributed by atoms with Crippen molar-refractivity contribution in [1.29, 1.82) is 0 Å². The summed E-state index contributed by atoms with van der Waals surface area (Å²) < 4.78 is 6.30. The minimum Gasteiger partial charge on any atom is -0.489 e. The second-order valence-corrected chi connectivity index (χ2v) is 4.92. The molecule has 0 radical (unpaired) electrons. The molecule has 0 saturated carbocycles. The molecule has 4 heteroatoms. The van der Waals surface area contributed by atoms with Gasteiger partial charge in [0, 0.05) is 0 Å². The van der Waals surface area contributed by atoms with Crippen LogP contribution in [0.25, 0.3) is 0 Å². The van der Waals surface area contributed by atoms with Crippen LogP contribution in [-0.2, 0) is 6.61 Å². The molecule has 1 aromatic carbocycles. The molecule has 0 amide bonds. The molecule has 0 spiro atoms. The molecule has 2 N–H and O–H groups in total. The minimum atomic E-state index is -0.810. The summed E-state index contributed by atoms with van der Waals surface area (Å²) in [4.78, 5) is 0. The van der Waals surface area contributed by atoms with E-state index in [2.05, 4.69) is 15.9 Å². The predicted molar refractivity (Wildman–Crippen MR) is 66.5 cm³/mol. The summed E-state index contributed by atoms with van der Waals surface area (Å²) in [5.41, 5.74) is 0.0104. The largest absolute Gasteiger partial charge is 0.489 e. The topological polar surface area (TPSA) is 49.7 Å². The van der Waals surface area contributed by atoms with E-state index in [1.807, 2.05) is 6.92 Å². The first kappa shape index (κ1) is 13.5. The molecule has 1 aromatic rings. The van der Waals surface area contributed by atoms with E-state index in [1.54, 1.807) is 25.1 Å². The number of rotatable bonds is 5. The molecule has 1 unspecified atom stereocenters. The van der Waals surface area contributed by atoms with E-state index in [-0.39, 0.29) is 13.2 Å². The van der Waals surface area contributed by atoms with Crippen LogP contribution >= 0.6 is 15.9 Å². The highest BCUT2D eigenvalue weighted by Gasteiger charge is 2.18. The van der Waals surface area contributed by atoms with Crippen molar-refractivity contribution in [2.75, 3.05) is 6.61 Å². The van der Waals surface area contributed by atoms with E-state index >= 15 is 0 Å². The number of hydrogen-bond donors (Lipinski definition) is 2. The van der Waals surface area contributed by atoms with Gasteiger partial charge in [-0.15, -0.1) is 0 Å². The van der Waals surface area contributed by atoms with Crippen molar-refractivity contribution in [1.82, 2.24) is 0 Å². The Morgan fingerprint density at radius 2 is 2.12 bits per heavy atom. The number of aliphatic hydroxyl groups is 2. The van der Waals surface area contributed by atoms with Gasteiger partial charge in [0.05, 0.1) is 16.7 Å². The fourth-order valence-electron chi connectivity index (χ4n) is 1.10. The van der Waals surface area contributed by atoms with Gasteiger partial charge in [0.25, 0.3) is 0 Å². The minimum absolute atomic E-state index is 0.00551. The molecule has 16 heavy (non-hydrogen) atoms. The second kappa shape index (κ2) is 5.66. The van der Waals surface area contributed by atoms with Gasteiger partial charge in [-0.1, -0.05) is 13.0 Å². The average molecular weight is 289 g/mol. The Bertz CT molecular complexity index is 350. The molecule has 1 rings (SSSR count). The third kappa shape index (κ3) is 3.77. The first-order chi connectivity index (χ1) is 7.48. The number of hydrogen-bond acceptors (Lipinski definition) is 3. The quantitative estimate of drug-likeness (QED) is 0.875. The van der Waals surface area contributed by atoms with E-state index in [4.69, 9.17) is 9.84 Å². The Labute approximate surface area is 104 Å². The zero-order valence-corrected chi connectivity index (χ0v) is 11.1. The third-order valence-electron chi connectivity index (χ3n) is 2.48. The molecule has 0 fully saturated rings. The molecule has 3 nitrogen and oxygen atoms in total. The highest BCUT2D eigenvalue weighted by molar-refractivity contribution is 9.10. The van der Waals surface area contributed by atoms with Crippen LogP contribution in [0.5, 0.6) is 5.75 Å². The molecule has 0 aromatic heterocycles. The highest BCUT2D eigenvalue weighted by atomic mass is 79.9. The first-order valence-electron chi connectivity index (χ1n) is 5.23. The van der Waals surface area contributed by atoms with Gasteiger partial charge in [0.2, 0.25) is 0 Å². The summed E-state index contributed by atoms with van der Waals surface area (Å²) in [6.45, 7) is 3.91. The van der Waals surface area contributed by atoms with Crippen LogP contribution < -0.4 is 4.74 Å². The zero-order chi connectivity index (χ0) is 12.2. The van der Waals surface area contributed by atoms with Crippen LogP contribution in [-0.4, -0.2) is 22.4 Å². The fourth-order valence-corrected chi connectivity index (χ4v) is 1.64. The molecule has 0 aliphatic carbocycles. The molecule has 0 bridgehead atoms. The van der Waals surface area contributed by atoms with Crippen molar-refractivity contribution in [3.8, 4) is 5.75 Å². The number of benzene rings is 1. The van der Waals surface area contributed by atoms with Crippen LogP contribution in [0.15, 0.2) is 22.7 Å². The van der Waals surface area contributed by atoms with Crippen LogP contribution in [0.3, 0.4) is 0 Å². The summed E-state index contributed by atoms with van der Waals surface area (Å²) in [5.74, 6) is 0.672. The van der Waals surface area contributed by atoms with Crippen molar-refractivity contribution in [2.45, 2.75) is 32.5 Å². The monoisotopic (exact) mass is 288 g/mol. The predicted octanol–water partition coefficient (Wildman–Crippen LogP) is 2.48. The van der Waals surface area contributed by atoms with Crippen molar-refractivity contribution < 1.29 is 14.9 Å². The maximum Gasteiger partial charge on any atom is 0.133 e. The standard InChI is InChI=1S/C12H17BrO3/c1-3-12(2,15)8-16-11-5-4-9(7-14)6-10(11)13/h4-6,14-15H,3,7-8H2,1-2H3. The lowest BCUT2D eigenvalue weighted by Crippen LogP contribution is -2.31. The number of ether oxygens (including phenoxy) is 1. The van der Waals surface area contributed by atoms with Gasteiger partial charge in [-0.05, 0) is 47.0 Å². The summed E-state index contributed by atoms with van der Waals surface area (Å²) in [6.07, 6.45) is 0.638. The molecule has 0 aliphatic rings. The molecule has 0 saturated heterocycles. The Kier molecular flexibility index (Phi) is 4.77. The SMILES string of the molecule is CCC(C)(O)COc1ccc(CO)cc1Br. The lowest BCUT2D eigenvalue weighted by Gasteiger charge is -2.22. The van der Waals surface area contributed by atoms with Crippen molar-refractivity contribution in [3.63, 3.8) is 0 Å². The zero-order valence-electron chi connectivity index (χ0n) is 9.53. The van der Waals surface area contributed by atoms with Gasteiger partial charge >= 0.3 is 0 Å². The molecular formula is C12H17BrO3. The average Bonchev–Trinajstić information content (AvgIpc) is 2.27. The van der Waals surface area contributed by atoms with Crippen LogP contribution in [0, 0.1) is 0 Å². The second-order valence-electron chi connectivity index (χ2n) is 4.06. The Morgan fingerprint density at radius 3 is 2.62 bits per heavy atom. The van der Waals surface area contributed by atoms with Gasteiger partial charge in [-0.2, -0.15) is 0 Å². The van der Waals surface area contributed by atoms with E-state index in [9.17, 15) is 5.11 Å². The smallest absolute Gasteiger partial charge is 0.133 e. The van der Waals surface area contributed by atoms with Gasteiger partial charge in [0.1, 0.15) is 12.4 Å². The van der Waals surface area contributed by atoms with Gasteiger partial charge in [-0.3, -0.25) is 0 Å². The van der Waals surface area contributed by atoms with Gasteiger partial charge in [0.15, 0.2) is 0 Å².